The van der Waals surface area contributed by atoms with Crippen LogP contribution in [0.25, 0.3) is 0 Å². The van der Waals surface area contributed by atoms with Gasteiger partial charge in [0.05, 0.1) is 15.5 Å². The second kappa shape index (κ2) is 9.21. The van der Waals surface area contributed by atoms with Crippen molar-refractivity contribution in [2.45, 2.75) is 43.6 Å². The maximum absolute atomic E-state index is 13.0. The molecule has 1 atom stereocenters. The third-order valence-corrected chi connectivity index (χ3v) is 8.12. The second-order valence-electron chi connectivity index (χ2n) is 8.02. The molecule has 1 saturated heterocycles. The van der Waals surface area contributed by atoms with Crippen LogP contribution < -0.4 is 4.90 Å². The van der Waals surface area contributed by atoms with Gasteiger partial charge < -0.3 is 9.64 Å². The summed E-state index contributed by atoms with van der Waals surface area (Å²) in [5.41, 5.74) is 1.80. The average Bonchev–Trinajstić information content (AvgIpc) is 3.23. The lowest BCUT2D eigenvalue weighted by Crippen LogP contribution is -2.39. The standard InChI is InChI=1S/C23H25ClN2O5S/c1-16(22(27)26-14-11-17-7-3-4-8-21(17)26)31-23(28)19-15-18(9-10-20(19)24)32(29,30)25-12-5-2-6-13-25/h3-4,7-10,15-16H,2,5-6,11-14H2,1H3. The van der Waals surface area contributed by atoms with E-state index in [1.54, 1.807) is 4.90 Å². The zero-order valence-electron chi connectivity index (χ0n) is 17.8. The van der Waals surface area contributed by atoms with Gasteiger partial charge in [-0.2, -0.15) is 4.31 Å². The molecule has 2 aromatic rings. The Hall–Kier alpha value is -2.42. The number of para-hydroxylation sites is 1. The van der Waals surface area contributed by atoms with Gasteiger partial charge in [0, 0.05) is 25.3 Å². The van der Waals surface area contributed by atoms with E-state index in [-0.39, 0.29) is 21.4 Å². The van der Waals surface area contributed by atoms with E-state index in [9.17, 15) is 18.0 Å². The number of hydrogen-bond donors (Lipinski definition) is 0. The predicted molar refractivity (Wildman–Crippen MR) is 121 cm³/mol. The summed E-state index contributed by atoms with van der Waals surface area (Å²) >= 11 is 6.18. The number of sulfonamides is 1. The molecule has 170 valence electrons. The quantitative estimate of drug-likeness (QED) is 0.615. The molecule has 7 nitrogen and oxygen atoms in total. The monoisotopic (exact) mass is 476 g/mol. The summed E-state index contributed by atoms with van der Waals surface area (Å²) in [4.78, 5) is 27.3. The van der Waals surface area contributed by atoms with Crippen LogP contribution in [-0.4, -0.2) is 50.3 Å². The number of hydrogen-bond acceptors (Lipinski definition) is 5. The lowest BCUT2D eigenvalue weighted by Gasteiger charge is -2.26. The molecule has 0 radical (unpaired) electrons. The number of carbonyl (C=O) groups is 2. The molecule has 0 N–H and O–H groups in total. The molecule has 1 unspecified atom stereocenters. The maximum atomic E-state index is 13.0. The summed E-state index contributed by atoms with van der Waals surface area (Å²) in [6.07, 6.45) is 2.30. The SMILES string of the molecule is CC(OC(=O)c1cc(S(=O)(=O)N2CCCCC2)ccc1Cl)C(=O)N1CCc2ccccc21. The van der Waals surface area contributed by atoms with Crippen molar-refractivity contribution in [2.75, 3.05) is 24.5 Å². The highest BCUT2D eigenvalue weighted by molar-refractivity contribution is 7.89. The first-order chi connectivity index (χ1) is 15.3. The first-order valence-electron chi connectivity index (χ1n) is 10.7. The zero-order chi connectivity index (χ0) is 22.9. The van der Waals surface area contributed by atoms with Crippen LogP contribution in [0.3, 0.4) is 0 Å². The van der Waals surface area contributed by atoms with Crippen LogP contribution in [0.5, 0.6) is 0 Å². The number of piperidine rings is 1. The smallest absolute Gasteiger partial charge is 0.340 e. The molecule has 2 heterocycles. The Kier molecular flexibility index (Phi) is 6.55. The molecular weight excluding hydrogens is 452 g/mol. The summed E-state index contributed by atoms with van der Waals surface area (Å²) in [6.45, 7) is 2.93. The average molecular weight is 477 g/mol. The van der Waals surface area contributed by atoms with Crippen molar-refractivity contribution in [2.24, 2.45) is 0 Å². The van der Waals surface area contributed by atoms with Crippen molar-refractivity contribution >= 4 is 39.2 Å². The molecular formula is C23H25ClN2O5S. The summed E-state index contributed by atoms with van der Waals surface area (Å²) in [5, 5.41) is 0.0683. The maximum Gasteiger partial charge on any atom is 0.340 e. The van der Waals surface area contributed by atoms with E-state index in [0.717, 1.165) is 36.9 Å². The number of benzene rings is 2. The predicted octanol–water partition coefficient (Wildman–Crippen LogP) is 3.65. The van der Waals surface area contributed by atoms with Crippen molar-refractivity contribution in [3.8, 4) is 0 Å². The Bertz CT molecular complexity index is 1140. The highest BCUT2D eigenvalue weighted by Gasteiger charge is 2.31. The number of amides is 1. The van der Waals surface area contributed by atoms with E-state index in [4.69, 9.17) is 16.3 Å². The number of fused-ring (bicyclic) bond motifs is 1. The minimum absolute atomic E-state index is 0.0109. The molecule has 1 amide bonds. The lowest BCUT2D eigenvalue weighted by molar-refractivity contribution is -0.126. The number of anilines is 1. The second-order valence-corrected chi connectivity index (χ2v) is 10.4. The van der Waals surface area contributed by atoms with Gasteiger partial charge in [-0.3, -0.25) is 4.79 Å². The number of nitrogens with zero attached hydrogens (tertiary/aromatic N) is 2. The van der Waals surface area contributed by atoms with Crippen LogP contribution in [-0.2, 0) is 26.0 Å². The normalized spacial score (nSPS) is 17.6. The van der Waals surface area contributed by atoms with Crippen LogP contribution in [0.4, 0.5) is 5.69 Å². The van der Waals surface area contributed by atoms with Gasteiger partial charge in [-0.25, -0.2) is 13.2 Å². The highest BCUT2D eigenvalue weighted by Crippen LogP contribution is 2.29. The van der Waals surface area contributed by atoms with Crippen molar-refractivity contribution in [3.63, 3.8) is 0 Å². The minimum atomic E-state index is -3.73. The Morgan fingerprint density at radius 1 is 1.03 bits per heavy atom. The molecule has 0 bridgehead atoms. The van der Waals surface area contributed by atoms with Crippen LogP contribution in [0.15, 0.2) is 47.4 Å². The van der Waals surface area contributed by atoms with Gasteiger partial charge in [-0.15, -0.1) is 0 Å². The summed E-state index contributed by atoms with van der Waals surface area (Å²) in [6, 6.07) is 11.6. The van der Waals surface area contributed by atoms with Gasteiger partial charge in [0.15, 0.2) is 6.10 Å². The lowest BCUT2D eigenvalue weighted by atomic mass is 10.2. The van der Waals surface area contributed by atoms with Crippen LogP contribution in [0, 0.1) is 0 Å². The van der Waals surface area contributed by atoms with Crippen molar-refractivity contribution < 1.29 is 22.7 Å². The summed E-state index contributed by atoms with van der Waals surface area (Å²) in [7, 11) is -3.73. The Morgan fingerprint density at radius 2 is 1.75 bits per heavy atom. The number of carbonyl (C=O) groups excluding carboxylic acids is 2. The molecule has 1 fully saturated rings. The number of esters is 1. The van der Waals surface area contributed by atoms with Gasteiger partial charge in [-0.1, -0.05) is 36.2 Å². The fraction of sp³-hybridized carbons (Fsp3) is 0.391. The molecule has 2 aromatic carbocycles. The number of rotatable bonds is 5. The van der Waals surface area contributed by atoms with Gasteiger partial charge >= 0.3 is 5.97 Å². The highest BCUT2D eigenvalue weighted by atomic mass is 35.5. The molecule has 0 aliphatic carbocycles. The number of halogens is 1. The van der Waals surface area contributed by atoms with Gasteiger partial charge in [0.25, 0.3) is 5.91 Å². The molecule has 0 saturated carbocycles. The minimum Gasteiger partial charge on any atom is -0.449 e. The molecule has 0 spiro atoms. The molecule has 32 heavy (non-hydrogen) atoms. The molecule has 0 aromatic heterocycles. The fourth-order valence-corrected chi connectivity index (χ4v) is 5.88. The fourth-order valence-electron chi connectivity index (χ4n) is 4.14. The Balaban J connectivity index is 1.51. The van der Waals surface area contributed by atoms with Crippen LogP contribution >= 0.6 is 11.6 Å². The summed E-state index contributed by atoms with van der Waals surface area (Å²) in [5.74, 6) is -1.17. The van der Waals surface area contributed by atoms with Crippen LogP contribution in [0.2, 0.25) is 5.02 Å². The van der Waals surface area contributed by atoms with Crippen molar-refractivity contribution in [1.29, 1.82) is 0 Å². The third-order valence-electron chi connectivity index (χ3n) is 5.90. The van der Waals surface area contributed by atoms with Crippen molar-refractivity contribution in [3.05, 3.63) is 58.6 Å². The van der Waals surface area contributed by atoms with Gasteiger partial charge in [0.1, 0.15) is 0 Å². The zero-order valence-corrected chi connectivity index (χ0v) is 19.4. The Morgan fingerprint density at radius 3 is 2.50 bits per heavy atom. The molecule has 4 rings (SSSR count). The first-order valence-corrected chi connectivity index (χ1v) is 12.5. The van der Waals surface area contributed by atoms with E-state index >= 15 is 0 Å². The van der Waals surface area contributed by atoms with Gasteiger partial charge in [0.2, 0.25) is 10.0 Å². The first kappa shape index (κ1) is 22.8. The molecule has 2 aliphatic rings. The Labute approximate surface area is 193 Å². The van der Waals surface area contributed by atoms with Gasteiger partial charge in [-0.05, 0) is 56.0 Å². The van der Waals surface area contributed by atoms with E-state index in [0.29, 0.717) is 19.6 Å². The van der Waals surface area contributed by atoms with E-state index in [2.05, 4.69) is 0 Å². The van der Waals surface area contributed by atoms with E-state index in [1.165, 1.54) is 29.4 Å². The van der Waals surface area contributed by atoms with E-state index in [1.807, 2.05) is 24.3 Å². The largest absolute Gasteiger partial charge is 0.449 e. The third kappa shape index (κ3) is 4.40. The number of ether oxygens (including phenoxy) is 1. The molecule has 2 aliphatic heterocycles. The topological polar surface area (TPSA) is 84.0 Å². The molecule has 9 heteroatoms. The van der Waals surface area contributed by atoms with Crippen molar-refractivity contribution in [1.82, 2.24) is 4.31 Å². The van der Waals surface area contributed by atoms with Crippen LogP contribution in [0.1, 0.15) is 42.1 Å². The summed E-state index contributed by atoms with van der Waals surface area (Å²) < 4.78 is 32.7. The van der Waals surface area contributed by atoms with E-state index < -0.39 is 22.1 Å².